The predicted molar refractivity (Wildman–Crippen MR) is 159 cm³/mol. The smallest absolute Gasteiger partial charge is 0.335 e. The van der Waals surface area contributed by atoms with Crippen LogP contribution in [-0.2, 0) is 4.79 Å². The highest BCUT2D eigenvalue weighted by Gasteiger charge is 2.42. The molecule has 4 aromatic rings. The number of nitrogens with one attached hydrogen (secondary N) is 2. The molecule has 3 heterocycles. The highest BCUT2D eigenvalue weighted by Crippen LogP contribution is 2.44. The lowest BCUT2D eigenvalue weighted by molar-refractivity contribution is -0.118. The molecule has 0 aliphatic carbocycles. The van der Waals surface area contributed by atoms with Gasteiger partial charge in [-0.25, -0.2) is 4.79 Å². The van der Waals surface area contributed by atoms with E-state index in [1.54, 1.807) is 18.3 Å². The van der Waals surface area contributed by atoms with E-state index in [-0.39, 0.29) is 23.4 Å². The van der Waals surface area contributed by atoms with Gasteiger partial charge in [0.1, 0.15) is 17.6 Å². The number of furan rings is 1. The molecule has 1 saturated heterocycles. The van der Waals surface area contributed by atoms with Crippen LogP contribution in [0.15, 0.2) is 77.3 Å². The van der Waals surface area contributed by atoms with Gasteiger partial charge in [-0.15, -0.1) is 0 Å². The summed E-state index contributed by atoms with van der Waals surface area (Å²) in [7, 11) is 0. The lowest BCUT2D eigenvalue weighted by atomic mass is 10.0. The van der Waals surface area contributed by atoms with E-state index in [0.29, 0.717) is 27.2 Å². The Morgan fingerprint density at radius 3 is 2.60 bits per heavy atom. The number of rotatable bonds is 7. The summed E-state index contributed by atoms with van der Waals surface area (Å²) >= 11 is 12.2. The van der Waals surface area contributed by atoms with Crippen molar-refractivity contribution in [3.63, 3.8) is 0 Å². The number of amides is 1. The fourth-order valence-electron chi connectivity index (χ4n) is 4.64. The Morgan fingerprint density at radius 2 is 1.93 bits per heavy atom. The van der Waals surface area contributed by atoms with Gasteiger partial charge < -0.3 is 25.1 Å². The summed E-state index contributed by atoms with van der Waals surface area (Å²) in [5, 5.41) is 16.7. The number of pyridine rings is 1. The number of benzene rings is 2. The monoisotopic (exact) mass is 574 g/mol. The highest BCUT2D eigenvalue weighted by atomic mass is 35.5. The van der Waals surface area contributed by atoms with Crippen LogP contribution in [0, 0.1) is 12.8 Å². The molecule has 0 spiro atoms. The van der Waals surface area contributed by atoms with Gasteiger partial charge in [0.2, 0.25) is 5.91 Å². The van der Waals surface area contributed by atoms with Crippen LogP contribution < -0.4 is 15.5 Å². The SMILES string of the molecule is Cc1cc(N2C(=S)NC(c3ccccn3)C2c2ccc(-c3cc(C(=O)O)ccc3Cl)o2)ccc1NC(=O)C(C)C. The molecule has 0 bridgehead atoms. The third kappa shape index (κ3) is 5.30. The molecule has 10 heteroatoms. The number of hydrogen-bond donors (Lipinski definition) is 3. The first kappa shape index (κ1) is 27.4. The number of aryl methyl sites for hydroxylation is 1. The summed E-state index contributed by atoms with van der Waals surface area (Å²) in [6, 6.07) is 18.7. The van der Waals surface area contributed by atoms with E-state index in [9.17, 15) is 14.7 Å². The van der Waals surface area contributed by atoms with Gasteiger partial charge in [0.25, 0.3) is 0 Å². The number of nitrogens with zero attached hydrogens (tertiary/aromatic N) is 2. The average molecular weight is 575 g/mol. The molecule has 2 aromatic heterocycles. The lowest BCUT2D eigenvalue weighted by Gasteiger charge is -2.27. The topological polar surface area (TPSA) is 108 Å². The molecule has 8 nitrogen and oxygen atoms in total. The molecule has 0 radical (unpaired) electrons. The Labute approximate surface area is 242 Å². The van der Waals surface area contributed by atoms with Gasteiger partial charge in [-0.2, -0.15) is 0 Å². The quantitative estimate of drug-likeness (QED) is 0.207. The van der Waals surface area contributed by atoms with Crippen LogP contribution in [0.2, 0.25) is 5.02 Å². The zero-order valence-electron chi connectivity index (χ0n) is 22.0. The van der Waals surface area contributed by atoms with Crippen LogP contribution in [0.4, 0.5) is 11.4 Å². The zero-order chi connectivity index (χ0) is 28.6. The van der Waals surface area contributed by atoms with Crippen molar-refractivity contribution in [3.05, 3.63) is 101 Å². The molecule has 1 fully saturated rings. The minimum Gasteiger partial charge on any atom is -0.478 e. The summed E-state index contributed by atoms with van der Waals surface area (Å²) in [6.45, 7) is 5.62. The number of hydrogen-bond acceptors (Lipinski definition) is 5. The summed E-state index contributed by atoms with van der Waals surface area (Å²) in [4.78, 5) is 30.4. The Morgan fingerprint density at radius 1 is 1.12 bits per heavy atom. The highest BCUT2D eigenvalue weighted by molar-refractivity contribution is 7.80. The van der Waals surface area contributed by atoms with Crippen LogP contribution in [-0.4, -0.2) is 27.1 Å². The largest absolute Gasteiger partial charge is 0.478 e. The number of halogens is 1. The molecule has 1 aliphatic heterocycles. The fourth-order valence-corrected chi connectivity index (χ4v) is 5.20. The van der Waals surface area contributed by atoms with Crippen LogP contribution in [0.1, 0.15) is 53.3 Å². The van der Waals surface area contributed by atoms with E-state index in [0.717, 1.165) is 22.6 Å². The molecular formula is C30H27ClN4O4S. The van der Waals surface area contributed by atoms with Gasteiger partial charge in [-0.3, -0.25) is 9.78 Å². The molecule has 5 rings (SSSR count). The first-order valence-electron chi connectivity index (χ1n) is 12.7. The first-order valence-corrected chi connectivity index (χ1v) is 13.5. The van der Waals surface area contributed by atoms with Crippen molar-refractivity contribution in [1.82, 2.24) is 10.3 Å². The normalized spacial score (nSPS) is 16.7. The van der Waals surface area contributed by atoms with E-state index in [1.807, 2.05) is 68.1 Å². The number of thiocarbonyl (C=S) groups is 1. The summed E-state index contributed by atoms with van der Waals surface area (Å²) in [5.41, 5.74) is 3.78. The maximum atomic E-state index is 12.3. The van der Waals surface area contributed by atoms with E-state index in [4.69, 9.17) is 28.2 Å². The Hall–Kier alpha value is -4.21. The maximum Gasteiger partial charge on any atom is 0.335 e. The van der Waals surface area contributed by atoms with Gasteiger partial charge >= 0.3 is 5.97 Å². The number of anilines is 2. The van der Waals surface area contributed by atoms with Gasteiger partial charge in [-0.05, 0) is 85.4 Å². The second-order valence-corrected chi connectivity index (χ2v) is 10.6. The second-order valence-electron chi connectivity index (χ2n) is 9.84. The number of carboxylic acids is 1. The standard InChI is InChI=1S/C30H27ClN4O4S/c1-16(2)28(36)33-22-10-8-19(14-17(22)3)35-27(26(34-30(35)40)23-6-4-5-13-32-23)25-12-11-24(39-25)20-15-18(29(37)38)7-9-21(20)31/h4-16,26-27H,1-3H3,(H,33,36)(H,34,40)(H,37,38). The van der Waals surface area contributed by atoms with E-state index >= 15 is 0 Å². The second kappa shape index (κ2) is 11.1. The first-order chi connectivity index (χ1) is 19.1. The predicted octanol–water partition coefficient (Wildman–Crippen LogP) is 6.77. The van der Waals surface area contributed by atoms with Gasteiger partial charge in [0, 0.05) is 29.1 Å². The number of carbonyl (C=O) groups excluding carboxylic acids is 1. The van der Waals surface area contributed by atoms with Crippen LogP contribution in [0.3, 0.4) is 0 Å². The number of carbonyl (C=O) groups is 2. The van der Waals surface area contributed by atoms with Crippen molar-refractivity contribution in [1.29, 1.82) is 0 Å². The van der Waals surface area contributed by atoms with Crippen LogP contribution in [0.25, 0.3) is 11.3 Å². The molecule has 2 aromatic carbocycles. The molecule has 0 saturated carbocycles. The van der Waals surface area contributed by atoms with Crippen molar-refractivity contribution >= 4 is 52.2 Å². The maximum absolute atomic E-state index is 12.3. The Bertz CT molecular complexity index is 1600. The van der Waals surface area contributed by atoms with E-state index < -0.39 is 12.0 Å². The minimum atomic E-state index is -1.06. The zero-order valence-corrected chi connectivity index (χ0v) is 23.6. The fraction of sp³-hybridized carbons (Fsp3) is 0.200. The van der Waals surface area contributed by atoms with Crippen LogP contribution in [0.5, 0.6) is 0 Å². The third-order valence-electron chi connectivity index (χ3n) is 6.77. The summed E-state index contributed by atoms with van der Waals surface area (Å²) in [5.74, 6) is -0.236. The molecule has 40 heavy (non-hydrogen) atoms. The molecule has 2 unspecified atom stereocenters. The van der Waals surface area contributed by atoms with E-state index in [1.165, 1.54) is 12.1 Å². The van der Waals surface area contributed by atoms with Gasteiger partial charge in [-0.1, -0.05) is 31.5 Å². The van der Waals surface area contributed by atoms with Crippen molar-refractivity contribution < 1.29 is 19.1 Å². The van der Waals surface area contributed by atoms with Crippen molar-refractivity contribution in [3.8, 4) is 11.3 Å². The summed E-state index contributed by atoms with van der Waals surface area (Å²) in [6.07, 6.45) is 1.72. The molecule has 1 aliphatic rings. The van der Waals surface area contributed by atoms with Crippen molar-refractivity contribution in [2.75, 3.05) is 10.2 Å². The Kier molecular flexibility index (Phi) is 7.60. The van der Waals surface area contributed by atoms with Crippen molar-refractivity contribution in [2.24, 2.45) is 5.92 Å². The molecule has 204 valence electrons. The number of aromatic nitrogens is 1. The van der Waals surface area contributed by atoms with Crippen LogP contribution >= 0.6 is 23.8 Å². The lowest BCUT2D eigenvalue weighted by Crippen LogP contribution is -2.29. The molecule has 2 atom stereocenters. The third-order valence-corrected chi connectivity index (χ3v) is 7.41. The Balaban J connectivity index is 1.57. The van der Waals surface area contributed by atoms with Gasteiger partial charge in [0.05, 0.1) is 22.3 Å². The number of carboxylic acid groups (broad SMARTS) is 1. The summed E-state index contributed by atoms with van der Waals surface area (Å²) < 4.78 is 6.35. The molecule has 1 amide bonds. The molecule has 3 N–H and O–H groups in total. The van der Waals surface area contributed by atoms with Gasteiger partial charge in [0.15, 0.2) is 5.11 Å². The van der Waals surface area contributed by atoms with E-state index in [2.05, 4.69) is 15.6 Å². The number of aromatic carboxylic acids is 1. The average Bonchev–Trinajstić information content (AvgIpc) is 3.55. The van der Waals surface area contributed by atoms with Crippen molar-refractivity contribution in [2.45, 2.75) is 32.9 Å². The minimum absolute atomic E-state index is 0.0592. The molecular weight excluding hydrogens is 548 g/mol.